The first-order valence-electron chi connectivity index (χ1n) is 9.99. The summed E-state index contributed by atoms with van der Waals surface area (Å²) in [7, 11) is -3.38. The third kappa shape index (κ3) is 9.32. The first kappa shape index (κ1) is 26.9. The number of halogens is 1. The van der Waals surface area contributed by atoms with Crippen molar-refractivity contribution in [2.75, 3.05) is 6.54 Å². The van der Waals surface area contributed by atoms with Gasteiger partial charge in [0.15, 0.2) is 5.96 Å². The molecule has 6 nitrogen and oxygen atoms in total. The Morgan fingerprint density at radius 3 is 2.30 bits per heavy atom. The summed E-state index contributed by atoms with van der Waals surface area (Å²) < 4.78 is 27.3. The lowest BCUT2D eigenvalue weighted by atomic mass is 10.1. The summed E-state index contributed by atoms with van der Waals surface area (Å²) in [4.78, 5) is 7.29. The predicted octanol–water partition coefficient (Wildman–Crippen LogP) is 4.01. The molecule has 0 atom stereocenters. The second-order valence-electron chi connectivity index (χ2n) is 7.07. The van der Waals surface area contributed by atoms with Crippen LogP contribution in [0.15, 0.2) is 41.4 Å². The minimum Gasteiger partial charge on any atom is -0.357 e. The maximum absolute atomic E-state index is 12.3. The Hall–Kier alpha value is -1.17. The maximum atomic E-state index is 12.3. The Kier molecular flexibility index (Phi) is 11.9. The van der Waals surface area contributed by atoms with E-state index in [0.717, 1.165) is 30.1 Å². The third-order valence-electron chi connectivity index (χ3n) is 4.13. The number of aryl methyl sites for hydroxylation is 1. The van der Waals surface area contributed by atoms with E-state index in [2.05, 4.69) is 39.4 Å². The molecule has 0 spiro atoms. The molecule has 0 aliphatic rings. The Morgan fingerprint density at radius 2 is 1.70 bits per heavy atom. The van der Waals surface area contributed by atoms with Crippen molar-refractivity contribution in [1.29, 1.82) is 0 Å². The highest BCUT2D eigenvalue weighted by Gasteiger charge is 2.15. The Labute approximate surface area is 202 Å². The molecule has 1 heterocycles. The van der Waals surface area contributed by atoms with Crippen LogP contribution in [0.25, 0.3) is 0 Å². The van der Waals surface area contributed by atoms with Crippen molar-refractivity contribution in [2.24, 2.45) is 4.99 Å². The van der Waals surface area contributed by atoms with Crippen LogP contribution in [-0.4, -0.2) is 27.0 Å². The molecule has 30 heavy (non-hydrogen) atoms. The van der Waals surface area contributed by atoms with Crippen LogP contribution in [-0.2, 0) is 35.3 Å². The molecule has 3 N–H and O–H groups in total. The fourth-order valence-electron chi connectivity index (χ4n) is 2.84. The van der Waals surface area contributed by atoms with Gasteiger partial charge in [0.1, 0.15) is 0 Å². The van der Waals surface area contributed by atoms with Gasteiger partial charge in [-0.25, -0.2) is 18.1 Å². The molecule has 0 unspecified atom stereocenters. The van der Waals surface area contributed by atoms with Gasteiger partial charge in [-0.1, -0.05) is 31.2 Å². The van der Waals surface area contributed by atoms with Crippen LogP contribution in [0, 0.1) is 0 Å². The monoisotopic (exact) mass is 564 g/mol. The minimum atomic E-state index is -3.38. The van der Waals surface area contributed by atoms with Crippen molar-refractivity contribution in [2.45, 2.75) is 59.0 Å². The van der Waals surface area contributed by atoms with Crippen molar-refractivity contribution < 1.29 is 8.42 Å². The number of nitrogens with zero attached hydrogens (tertiary/aromatic N) is 1. The molecule has 2 aromatic rings. The summed E-state index contributed by atoms with van der Waals surface area (Å²) in [5, 5.41) is 6.61. The lowest BCUT2D eigenvalue weighted by molar-refractivity contribution is 0.569. The van der Waals surface area contributed by atoms with E-state index in [1.165, 1.54) is 9.75 Å². The zero-order valence-corrected chi connectivity index (χ0v) is 22.0. The van der Waals surface area contributed by atoms with E-state index < -0.39 is 10.0 Å². The van der Waals surface area contributed by atoms with Gasteiger partial charge >= 0.3 is 0 Å². The molecule has 0 aliphatic heterocycles. The smallest absolute Gasteiger partial charge is 0.216 e. The van der Waals surface area contributed by atoms with E-state index in [9.17, 15) is 8.42 Å². The summed E-state index contributed by atoms with van der Waals surface area (Å²) in [5.74, 6) is 0.674. The van der Waals surface area contributed by atoms with Crippen LogP contribution in [0.5, 0.6) is 0 Å². The van der Waals surface area contributed by atoms with Gasteiger partial charge in [-0.2, -0.15) is 0 Å². The second kappa shape index (κ2) is 13.3. The summed E-state index contributed by atoms with van der Waals surface area (Å²) in [6.45, 7) is 9.69. The van der Waals surface area contributed by atoms with E-state index in [1.54, 1.807) is 11.3 Å². The average Bonchev–Trinajstić information content (AvgIpc) is 3.12. The van der Waals surface area contributed by atoms with E-state index in [1.807, 2.05) is 45.0 Å². The summed E-state index contributed by atoms with van der Waals surface area (Å²) in [6.07, 6.45) is 1.05. The molecule has 1 aromatic heterocycles. The Bertz CT molecular complexity index is 911. The standard InChI is InChI=1S/C21H32N4O2S2.HI/c1-5-19-11-12-20(28-19)14-24-21(22-6-2)23-13-17-9-7-8-10-18(17)15-29(26,27)25-16(3)4;/h7-12,16,25H,5-6,13-15H2,1-4H3,(H2,22,23,24);1H. The number of sulfonamides is 1. The Morgan fingerprint density at radius 1 is 1.03 bits per heavy atom. The molecule has 2 rings (SSSR count). The van der Waals surface area contributed by atoms with Crippen molar-refractivity contribution >= 4 is 51.3 Å². The molecule has 0 bridgehead atoms. The Balaban J connectivity index is 0.00000450. The van der Waals surface area contributed by atoms with Crippen LogP contribution in [0.2, 0.25) is 0 Å². The molecular formula is C21H33IN4O2S2. The van der Waals surface area contributed by atoms with Crippen LogP contribution in [0.1, 0.15) is 48.6 Å². The molecular weight excluding hydrogens is 531 g/mol. The zero-order valence-electron chi connectivity index (χ0n) is 18.1. The van der Waals surface area contributed by atoms with Crippen molar-refractivity contribution in [3.05, 3.63) is 57.3 Å². The van der Waals surface area contributed by atoms with E-state index in [0.29, 0.717) is 13.1 Å². The van der Waals surface area contributed by atoms with Gasteiger partial charge in [0, 0.05) is 22.3 Å². The predicted molar refractivity (Wildman–Crippen MR) is 138 cm³/mol. The highest BCUT2D eigenvalue weighted by atomic mass is 127. The molecule has 0 radical (unpaired) electrons. The zero-order chi connectivity index (χ0) is 21.3. The highest BCUT2D eigenvalue weighted by Crippen LogP contribution is 2.17. The molecule has 0 fully saturated rings. The van der Waals surface area contributed by atoms with Crippen molar-refractivity contribution in [3.63, 3.8) is 0 Å². The van der Waals surface area contributed by atoms with Gasteiger partial charge in [-0.15, -0.1) is 35.3 Å². The summed E-state index contributed by atoms with van der Waals surface area (Å²) in [5.41, 5.74) is 1.68. The number of rotatable bonds is 10. The quantitative estimate of drug-likeness (QED) is 0.232. The van der Waals surface area contributed by atoms with Crippen molar-refractivity contribution in [3.8, 4) is 0 Å². The van der Waals surface area contributed by atoms with Gasteiger partial charge in [0.2, 0.25) is 10.0 Å². The highest BCUT2D eigenvalue weighted by molar-refractivity contribution is 14.0. The van der Waals surface area contributed by atoms with Crippen LogP contribution in [0.4, 0.5) is 0 Å². The van der Waals surface area contributed by atoms with Gasteiger partial charge in [-0.3, -0.25) is 0 Å². The number of aliphatic imine (C=N–C) groups is 1. The average molecular weight is 565 g/mol. The topological polar surface area (TPSA) is 82.6 Å². The molecule has 0 saturated carbocycles. The van der Waals surface area contributed by atoms with E-state index >= 15 is 0 Å². The van der Waals surface area contributed by atoms with Gasteiger partial charge in [0.05, 0.1) is 18.8 Å². The largest absolute Gasteiger partial charge is 0.357 e. The van der Waals surface area contributed by atoms with Gasteiger partial charge in [0.25, 0.3) is 0 Å². The van der Waals surface area contributed by atoms with Crippen molar-refractivity contribution in [1.82, 2.24) is 15.4 Å². The second-order valence-corrected chi connectivity index (χ2v) is 10.1. The van der Waals surface area contributed by atoms with Crippen LogP contribution >= 0.6 is 35.3 Å². The number of guanidine groups is 1. The van der Waals surface area contributed by atoms with Crippen LogP contribution in [0.3, 0.4) is 0 Å². The molecule has 0 saturated heterocycles. The fourth-order valence-corrected chi connectivity index (χ4v) is 5.23. The lowest BCUT2D eigenvalue weighted by Gasteiger charge is -2.13. The summed E-state index contributed by atoms with van der Waals surface area (Å²) >= 11 is 1.80. The number of hydrogen-bond donors (Lipinski definition) is 3. The normalized spacial score (nSPS) is 12.0. The number of nitrogens with one attached hydrogen (secondary N) is 3. The molecule has 168 valence electrons. The molecule has 9 heteroatoms. The third-order valence-corrected chi connectivity index (χ3v) is 6.88. The number of hydrogen-bond acceptors (Lipinski definition) is 4. The van der Waals surface area contributed by atoms with Crippen LogP contribution < -0.4 is 15.4 Å². The van der Waals surface area contributed by atoms with Gasteiger partial charge < -0.3 is 10.6 Å². The summed E-state index contributed by atoms with van der Waals surface area (Å²) in [6, 6.07) is 11.7. The number of benzene rings is 1. The molecule has 0 aliphatic carbocycles. The first-order valence-corrected chi connectivity index (χ1v) is 12.5. The SMILES string of the molecule is CCNC(=NCc1ccccc1CS(=O)(=O)NC(C)C)NCc1ccc(CC)s1.I. The number of thiophene rings is 1. The lowest BCUT2D eigenvalue weighted by Crippen LogP contribution is -2.36. The molecule has 1 aromatic carbocycles. The van der Waals surface area contributed by atoms with E-state index in [-0.39, 0.29) is 35.8 Å². The molecule has 0 amide bonds. The first-order chi connectivity index (χ1) is 13.8. The minimum absolute atomic E-state index is 0. The fraction of sp³-hybridized carbons (Fsp3) is 0.476. The maximum Gasteiger partial charge on any atom is 0.216 e. The van der Waals surface area contributed by atoms with E-state index in [4.69, 9.17) is 0 Å². The van der Waals surface area contributed by atoms with Gasteiger partial charge in [-0.05, 0) is 50.5 Å².